The summed E-state index contributed by atoms with van der Waals surface area (Å²) in [6.45, 7) is 4.71. The first kappa shape index (κ1) is 17.6. The molecule has 2 aromatic heterocycles. The van der Waals surface area contributed by atoms with Gasteiger partial charge in [-0.15, -0.1) is 0 Å². The molecule has 2 aromatic rings. The highest BCUT2D eigenvalue weighted by Gasteiger charge is 2.40. The molecule has 140 valence electrons. The lowest BCUT2D eigenvalue weighted by Crippen LogP contribution is -2.31. The van der Waals surface area contributed by atoms with E-state index in [1.54, 1.807) is 22.6 Å². The van der Waals surface area contributed by atoms with E-state index in [0.29, 0.717) is 19.8 Å². The molecule has 26 heavy (non-hydrogen) atoms. The van der Waals surface area contributed by atoms with Gasteiger partial charge in [0.1, 0.15) is 4.90 Å². The van der Waals surface area contributed by atoms with Gasteiger partial charge in [0.15, 0.2) is 0 Å². The summed E-state index contributed by atoms with van der Waals surface area (Å²) in [6.07, 6.45) is 6.45. The normalized spacial score (nSPS) is 21.0. The molecular formula is C18H24N4O3S. The van der Waals surface area contributed by atoms with Crippen LogP contribution in [0.3, 0.4) is 0 Å². The van der Waals surface area contributed by atoms with Crippen molar-refractivity contribution in [1.82, 2.24) is 19.1 Å². The van der Waals surface area contributed by atoms with Crippen LogP contribution in [0.1, 0.15) is 49.2 Å². The molecule has 0 N–H and O–H groups in total. The number of hydrogen-bond acceptors (Lipinski definition) is 5. The van der Waals surface area contributed by atoms with Crippen LogP contribution in [0.25, 0.3) is 0 Å². The number of ether oxygens (including phenoxy) is 1. The van der Waals surface area contributed by atoms with Crippen LogP contribution in [0.5, 0.6) is 0 Å². The molecule has 0 spiro atoms. The predicted octanol–water partition coefficient (Wildman–Crippen LogP) is 2.29. The summed E-state index contributed by atoms with van der Waals surface area (Å²) in [6, 6.07) is 3.03. The number of fused-ring (bicyclic) bond motifs is 1. The zero-order valence-corrected chi connectivity index (χ0v) is 15.8. The molecular weight excluding hydrogens is 352 g/mol. The Hall–Kier alpha value is -1.77. The van der Waals surface area contributed by atoms with E-state index < -0.39 is 10.0 Å². The predicted molar refractivity (Wildman–Crippen MR) is 96.0 cm³/mol. The van der Waals surface area contributed by atoms with Crippen molar-refractivity contribution in [3.05, 3.63) is 41.5 Å². The van der Waals surface area contributed by atoms with Crippen LogP contribution in [0, 0.1) is 0 Å². The lowest BCUT2D eigenvalue weighted by atomic mass is 10.0. The Morgan fingerprint density at radius 2 is 2.27 bits per heavy atom. The van der Waals surface area contributed by atoms with Crippen LogP contribution in [-0.4, -0.2) is 40.6 Å². The summed E-state index contributed by atoms with van der Waals surface area (Å²) in [5, 5.41) is 4.84. The highest BCUT2D eigenvalue weighted by atomic mass is 32.2. The van der Waals surface area contributed by atoms with Crippen molar-refractivity contribution >= 4 is 10.0 Å². The molecule has 4 rings (SSSR count). The standard InChI is InChI=1S/C18H24N4O3S/c1-2-9-21-16-7-11-25-13-15(16)18(20-21)17-6-4-10-22(17)26(23,24)14-5-3-8-19-12-14/h3,5,8,12,17H,2,4,6-7,9-11,13H2,1H3. The smallest absolute Gasteiger partial charge is 0.245 e. The van der Waals surface area contributed by atoms with Gasteiger partial charge in [0.25, 0.3) is 0 Å². The second-order valence-corrected chi connectivity index (χ2v) is 8.69. The van der Waals surface area contributed by atoms with Crippen molar-refractivity contribution in [2.45, 2.75) is 56.7 Å². The maximum Gasteiger partial charge on any atom is 0.245 e. The van der Waals surface area contributed by atoms with Gasteiger partial charge in [-0.3, -0.25) is 9.67 Å². The maximum atomic E-state index is 13.1. The average Bonchev–Trinajstić information content (AvgIpc) is 3.28. The van der Waals surface area contributed by atoms with Crippen molar-refractivity contribution in [3.63, 3.8) is 0 Å². The Morgan fingerprint density at radius 1 is 1.38 bits per heavy atom. The molecule has 4 heterocycles. The highest BCUT2D eigenvalue weighted by Crippen LogP contribution is 2.39. The summed E-state index contributed by atoms with van der Waals surface area (Å²) < 4.78 is 35.6. The van der Waals surface area contributed by atoms with Crippen molar-refractivity contribution in [3.8, 4) is 0 Å². The average molecular weight is 376 g/mol. The van der Waals surface area contributed by atoms with Gasteiger partial charge < -0.3 is 4.74 Å². The van der Waals surface area contributed by atoms with Gasteiger partial charge in [-0.1, -0.05) is 6.92 Å². The van der Waals surface area contributed by atoms with Gasteiger partial charge in [-0.05, 0) is 31.4 Å². The molecule has 0 bridgehead atoms. The van der Waals surface area contributed by atoms with Crippen LogP contribution in [0.15, 0.2) is 29.4 Å². The van der Waals surface area contributed by atoms with E-state index in [2.05, 4.69) is 16.6 Å². The summed E-state index contributed by atoms with van der Waals surface area (Å²) in [5.74, 6) is 0. The summed E-state index contributed by atoms with van der Waals surface area (Å²) >= 11 is 0. The molecule has 0 aromatic carbocycles. The Morgan fingerprint density at radius 3 is 3.04 bits per heavy atom. The summed E-state index contributed by atoms with van der Waals surface area (Å²) in [4.78, 5) is 4.21. The Kier molecular flexibility index (Phi) is 4.81. The number of pyridine rings is 1. The molecule has 1 fully saturated rings. The minimum absolute atomic E-state index is 0.228. The van der Waals surface area contributed by atoms with Crippen LogP contribution in [0.2, 0.25) is 0 Å². The molecule has 0 radical (unpaired) electrons. The molecule has 1 unspecified atom stereocenters. The SMILES string of the molecule is CCCn1nc(C2CCCN2S(=O)(=O)c2cccnc2)c2c1CCOC2. The fourth-order valence-corrected chi connectivity index (χ4v) is 5.56. The number of aryl methyl sites for hydroxylation is 1. The minimum Gasteiger partial charge on any atom is -0.376 e. The third kappa shape index (κ3) is 2.95. The fraction of sp³-hybridized carbons (Fsp3) is 0.556. The number of rotatable bonds is 5. The maximum absolute atomic E-state index is 13.1. The van der Waals surface area contributed by atoms with E-state index in [4.69, 9.17) is 9.84 Å². The second-order valence-electron chi connectivity index (χ2n) is 6.80. The lowest BCUT2D eigenvalue weighted by molar-refractivity contribution is 0.107. The first-order valence-corrected chi connectivity index (χ1v) is 10.6. The molecule has 2 aliphatic heterocycles. The summed E-state index contributed by atoms with van der Waals surface area (Å²) in [7, 11) is -3.58. The topological polar surface area (TPSA) is 77.3 Å². The molecule has 1 saturated heterocycles. The third-order valence-corrected chi connectivity index (χ3v) is 7.01. The summed E-state index contributed by atoms with van der Waals surface area (Å²) in [5.41, 5.74) is 3.17. The number of aromatic nitrogens is 3. The van der Waals surface area contributed by atoms with Crippen molar-refractivity contribution in [2.75, 3.05) is 13.2 Å². The van der Waals surface area contributed by atoms with E-state index in [1.807, 2.05) is 0 Å². The number of sulfonamides is 1. The zero-order chi connectivity index (χ0) is 18.1. The van der Waals surface area contributed by atoms with Crippen LogP contribution >= 0.6 is 0 Å². The molecule has 7 nitrogen and oxygen atoms in total. The van der Waals surface area contributed by atoms with Gasteiger partial charge in [0.2, 0.25) is 10.0 Å². The van der Waals surface area contributed by atoms with Crippen molar-refractivity contribution < 1.29 is 13.2 Å². The monoisotopic (exact) mass is 376 g/mol. The van der Waals surface area contributed by atoms with Crippen molar-refractivity contribution in [2.24, 2.45) is 0 Å². The van der Waals surface area contributed by atoms with Crippen LogP contribution < -0.4 is 0 Å². The number of nitrogens with zero attached hydrogens (tertiary/aromatic N) is 4. The quantitative estimate of drug-likeness (QED) is 0.800. The lowest BCUT2D eigenvalue weighted by Gasteiger charge is -2.24. The molecule has 0 saturated carbocycles. The molecule has 0 aliphatic carbocycles. The molecule has 8 heteroatoms. The van der Waals surface area contributed by atoms with Gasteiger partial charge in [-0.25, -0.2) is 8.42 Å². The first-order valence-electron chi connectivity index (χ1n) is 9.21. The van der Waals surface area contributed by atoms with E-state index in [0.717, 1.165) is 43.5 Å². The largest absolute Gasteiger partial charge is 0.376 e. The van der Waals surface area contributed by atoms with Crippen LogP contribution in [-0.2, 0) is 34.3 Å². The van der Waals surface area contributed by atoms with E-state index in [9.17, 15) is 8.42 Å². The Labute approximate surface area is 154 Å². The van der Waals surface area contributed by atoms with Crippen molar-refractivity contribution in [1.29, 1.82) is 0 Å². The van der Waals surface area contributed by atoms with E-state index in [1.165, 1.54) is 11.9 Å². The first-order chi connectivity index (χ1) is 12.6. The molecule has 1 atom stereocenters. The van der Waals surface area contributed by atoms with Crippen LogP contribution in [0.4, 0.5) is 0 Å². The zero-order valence-electron chi connectivity index (χ0n) is 15.0. The molecule has 0 amide bonds. The van der Waals surface area contributed by atoms with E-state index >= 15 is 0 Å². The van der Waals surface area contributed by atoms with Gasteiger partial charge in [-0.2, -0.15) is 9.40 Å². The Balaban J connectivity index is 1.74. The Bertz CT molecular complexity index is 879. The fourth-order valence-electron chi connectivity index (χ4n) is 3.94. The minimum atomic E-state index is -3.58. The van der Waals surface area contributed by atoms with Gasteiger partial charge >= 0.3 is 0 Å². The highest BCUT2D eigenvalue weighted by molar-refractivity contribution is 7.89. The number of hydrogen-bond donors (Lipinski definition) is 0. The van der Waals surface area contributed by atoms with E-state index in [-0.39, 0.29) is 10.9 Å². The van der Waals surface area contributed by atoms with Gasteiger partial charge in [0, 0.05) is 43.2 Å². The van der Waals surface area contributed by atoms with Gasteiger partial charge in [0.05, 0.1) is 24.9 Å². The molecule has 2 aliphatic rings. The second kappa shape index (κ2) is 7.09. The third-order valence-electron chi connectivity index (χ3n) is 5.12.